The molecule has 0 spiro atoms. The van der Waals surface area contributed by atoms with Gasteiger partial charge >= 0.3 is 0 Å². The van der Waals surface area contributed by atoms with Crippen LogP contribution in [0.15, 0.2) is 30.3 Å². The van der Waals surface area contributed by atoms with Gasteiger partial charge in [0.25, 0.3) is 0 Å². The molecule has 2 heteroatoms. The lowest BCUT2D eigenvalue weighted by atomic mass is 10.2. The molecule has 78 valence electrons. The Morgan fingerprint density at radius 1 is 1.07 bits per heavy atom. The van der Waals surface area contributed by atoms with Crippen molar-refractivity contribution in [1.29, 1.82) is 0 Å². The summed E-state index contributed by atoms with van der Waals surface area (Å²) in [5.41, 5.74) is 0. The Morgan fingerprint density at radius 2 is 1.79 bits per heavy atom. The van der Waals surface area contributed by atoms with Gasteiger partial charge in [0.15, 0.2) is 0 Å². The van der Waals surface area contributed by atoms with Crippen LogP contribution in [0, 0.1) is 0 Å². The topological polar surface area (TPSA) is 0 Å². The molecule has 0 saturated heterocycles. The van der Waals surface area contributed by atoms with E-state index < -0.39 is 7.27 Å². The maximum atomic E-state index is 6.35. The zero-order valence-electron chi connectivity index (χ0n) is 8.75. The maximum absolute atomic E-state index is 6.35. The van der Waals surface area contributed by atoms with E-state index >= 15 is 0 Å². The van der Waals surface area contributed by atoms with E-state index in [4.69, 9.17) is 11.2 Å². The molecular formula is C12H18ClP. The molecule has 0 amide bonds. The second-order valence-corrected chi connectivity index (χ2v) is 6.39. The molecule has 0 bridgehead atoms. The molecule has 0 aliphatic rings. The number of benzene rings is 1. The normalized spacial score (nSPS) is 12.7. The monoisotopic (exact) mass is 228 g/mol. The van der Waals surface area contributed by atoms with Crippen molar-refractivity contribution in [2.24, 2.45) is 0 Å². The van der Waals surface area contributed by atoms with Gasteiger partial charge in [-0.2, -0.15) is 0 Å². The standard InChI is InChI=1S/C12H18ClP/c1-2-3-4-8-11-14(13)12-9-6-5-7-10-12/h5-7,9-10H,2-4,8,11H2,1H3. The molecule has 1 unspecified atom stereocenters. The fourth-order valence-electron chi connectivity index (χ4n) is 1.40. The van der Waals surface area contributed by atoms with Crippen molar-refractivity contribution in [3.8, 4) is 0 Å². The summed E-state index contributed by atoms with van der Waals surface area (Å²) >= 11 is 6.35. The quantitative estimate of drug-likeness (QED) is 0.496. The lowest BCUT2D eigenvalue weighted by molar-refractivity contribution is 0.706. The summed E-state index contributed by atoms with van der Waals surface area (Å²) in [5, 5.41) is 1.32. The van der Waals surface area contributed by atoms with Crippen LogP contribution >= 0.6 is 18.5 Å². The average molecular weight is 229 g/mol. The highest BCUT2D eigenvalue weighted by molar-refractivity contribution is 7.89. The molecule has 0 fully saturated rings. The molecule has 0 saturated carbocycles. The van der Waals surface area contributed by atoms with Crippen molar-refractivity contribution >= 4 is 23.8 Å². The summed E-state index contributed by atoms with van der Waals surface area (Å²) in [6.07, 6.45) is 6.41. The smallest absolute Gasteiger partial charge is 0.0212 e. The van der Waals surface area contributed by atoms with Gasteiger partial charge in [0.2, 0.25) is 0 Å². The fraction of sp³-hybridized carbons (Fsp3) is 0.500. The van der Waals surface area contributed by atoms with Gasteiger partial charge in [-0.1, -0.05) is 67.8 Å². The molecule has 0 aromatic heterocycles. The minimum absolute atomic E-state index is 0.420. The fourth-order valence-corrected chi connectivity index (χ4v) is 3.35. The van der Waals surface area contributed by atoms with Crippen LogP contribution in [-0.4, -0.2) is 6.16 Å². The van der Waals surface area contributed by atoms with Gasteiger partial charge < -0.3 is 0 Å². The predicted molar refractivity (Wildman–Crippen MR) is 67.9 cm³/mol. The Hall–Kier alpha value is -0.0600. The van der Waals surface area contributed by atoms with Crippen LogP contribution in [0.1, 0.15) is 32.6 Å². The summed E-state index contributed by atoms with van der Waals surface area (Å²) in [5.74, 6) is 0. The molecule has 0 heterocycles. The first-order valence-corrected chi connectivity index (χ1v) is 7.76. The first-order valence-electron chi connectivity index (χ1n) is 5.33. The minimum atomic E-state index is -0.420. The molecular weight excluding hydrogens is 211 g/mol. The third-order valence-electron chi connectivity index (χ3n) is 2.24. The highest BCUT2D eigenvalue weighted by Crippen LogP contribution is 2.40. The van der Waals surface area contributed by atoms with Crippen LogP contribution < -0.4 is 5.30 Å². The zero-order chi connectivity index (χ0) is 10.2. The molecule has 1 aromatic carbocycles. The Morgan fingerprint density at radius 3 is 2.43 bits per heavy atom. The van der Waals surface area contributed by atoms with Crippen molar-refractivity contribution in [3.63, 3.8) is 0 Å². The van der Waals surface area contributed by atoms with E-state index in [9.17, 15) is 0 Å². The molecule has 1 aromatic rings. The Kier molecular flexibility index (Phi) is 6.23. The third kappa shape index (κ3) is 4.44. The first-order chi connectivity index (χ1) is 6.84. The Balaban J connectivity index is 2.25. The van der Waals surface area contributed by atoms with E-state index in [-0.39, 0.29) is 0 Å². The maximum Gasteiger partial charge on any atom is 0.0212 e. The van der Waals surface area contributed by atoms with Gasteiger partial charge in [-0.05, 0) is 17.9 Å². The highest BCUT2D eigenvalue weighted by Gasteiger charge is 2.05. The van der Waals surface area contributed by atoms with Gasteiger partial charge in [0.1, 0.15) is 0 Å². The summed E-state index contributed by atoms with van der Waals surface area (Å²) < 4.78 is 0. The highest BCUT2D eigenvalue weighted by atomic mass is 35.7. The second kappa shape index (κ2) is 7.26. The molecule has 14 heavy (non-hydrogen) atoms. The van der Waals surface area contributed by atoms with E-state index in [1.807, 2.05) is 6.07 Å². The van der Waals surface area contributed by atoms with E-state index in [1.54, 1.807) is 0 Å². The van der Waals surface area contributed by atoms with Gasteiger partial charge in [0.05, 0.1) is 0 Å². The van der Waals surface area contributed by atoms with Gasteiger partial charge in [-0.3, -0.25) is 0 Å². The van der Waals surface area contributed by atoms with Crippen molar-refractivity contribution < 1.29 is 0 Å². The first kappa shape index (κ1) is 12.0. The van der Waals surface area contributed by atoms with E-state index in [0.717, 1.165) is 0 Å². The number of hydrogen-bond donors (Lipinski definition) is 0. The van der Waals surface area contributed by atoms with Gasteiger partial charge in [-0.25, -0.2) is 0 Å². The molecule has 0 nitrogen and oxygen atoms in total. The largest absolute Gasteiger partial charge is 0.0912 e. The summed E-state index contributed by atoms with van der Waals surface area (Å²) in [4.78, 5) is 0. The van der Waals surface area contributed by atoms with Gasteiger partial charge in [0, 0.05) is 7.27 Å². The molecule has 0 radical (unpaired) electrons. The SMILES string of the molecule is CCCCCCP(Cl)c1ccccc1. The van der Waals surface area contributed by atoms with Crippen LogP contribution in [0.25, 0.3) is 0 Å². The van der Waals surface area contributed by atoms with Crippen LogP contribution in [0.2, 0.25) is 0 Å². The molecule has 1 atom stereocenters. The predicted octanol–water partition coefficient (Wildman–Crippen LogP) is 4.53. The number of rotatable bonds is 6. The van der Waals surface area contributed by atoms with Crippen molar-refractivity contribution in [3.05, 3.63) is 30.3 Å². The molecule has 1 rings (SSSR count). The lowest BCUT2D eigenvalue weighted by Crippen LogP contribution is -1.98. The van der Waals surface area contributed by atoms with Crippen LogP contribution in [0.5, 0.6) is 0 Å². The van der Waals surface area contributed by atoms with Crippen molar-refractivity contribution in [2.75, 3.05) is 6.16 Å². The van der Waals surface area contributed by atoms with Crippen LogP contribution in [0.3, 0.4) is 0 Å². The van der Waals surface area contributed by atoms with Crippen molar-refractivity contribution in [2.45, 2.75) is 32.6 Å². The number of halogens is 1. The molecule has 0 N–H and O–H groups in total. The summed E-state index contributed by atoms with van der Waals surface area (Å²) in [6, 6.07) is 10.5. The number of hydrogen-bond acceptors (Lipinski definition) is 0. The van der Waals surface area contributed by atoms with E-state index in [2.05, 4.69) is 31.2 Å². The summed E-state index contributed by atoms with van der Waals surface area (Å²) in [6.45, 7) is 2.24. The van der Waals surface area contributed by atoms with Crippen molar-refractivity contribution in [1.82, 2.24) is 0 Å². The summed E-state index contributed by atoms with van der Waals surface area (Å²) in [7, 11) is -0.420. The average Bonchev–Trinajstić information content (AvgIpc) is 2.25. The van der Waals surface area contributed by atoms with Crippen LogP contribution in [0.4, 0.5) is 0 Å². The number of unbranched alkanes of at least 4 members (excludes halogenated alkanes) is 3. The lowest BCUT2D eigenvalue weighted by Gasteiger charge is -2.08. The zero-order valence-corrected chi connectivity index (χ0v) is 10.4. The minimum Gasteiger partial charge on any atom is -0.0912 e. The second-order valence-electron chi connectivity index (χ2n) is 3.48. The third-order valence-corrected chi connectivity index (χ3v) is 4.90. The van der Waals surface area contributed by atoms with Crippen LogP contribution in [-0.2, 0) is 0 Å². The Labute approximate surface area is 93.2 Å². The van der Waals surface area contributed by atoms with E-state index in [1.165, 1.54) is 37.1 Å². The van der Waals surface area contributed by atoms with Gasteiger partial charge in [-0.15, -0.1) is 0 Å². The molecule has 0 aliphatic carbocycles. The molecule has 0 aliphatic heterocycles. The van der Waals surface area contributed by atoms with E-state index in [0.29, 0.717) is 0 Å². The Bertz CT molecular complexity index is 235.